The molecule has 20 heavy (non-hydrogen) atoms. The Morgan fingerprint density at radius 2 is 1.90 bits per heavy atom. The number of hydrazine groups is 1. The largest absolute Gasteiger partial charge is 0.375 e. The molecule has 0 amide bonds. The van der Waals surface area contributed by atoms with Gasteiger partial charge in [-0.2, -0.15) is 0 Å². The van der Waals surface area contributed by atoms with Crippen LogP contribution in [-0.2, 0) is 0 Å². The molecule has 4 N–H and O–H groups in total. The third kappa shape index (κ3) is 4.10. The minimum atomic E-state index is 0.552. The monoisotopic (exact) mass is 272 g/mol. The van der Waals surface area contributed by atoms with Crippen LogP contribution >= 0.6 is 0 Å². The summed E-state index contributed by atoms with van der Waals surface area (Å²) in [6.45, 7) is 1.80. The fourth-order valence-electron chi connectivity index (χ4n) is 1.86. The van der Waals surface area contributed by atoms with Gasteiger partial charge in [0.05, 0.1) is 12.4 Å². The minimum Gasteiger partial charge on any atom is -0.375 e. The van der Waals surface area contributed by atoms with Crippen LogP contribution in [0.4, 0.5) is 17.3 Å². The van der Waals surface area contributed by atoms with Gasteiger partial charge in [-0.25, -0.2) is 10.8 Å². The lowest BCUT2D eigenvalue weighted by atomic mass is 10.3. The van der Waals surface area contributed by atoms with Gasteiger partial charge in [0.2, 0.25) is 0 Å². The van der Waals surface area contributed by atoms with E-state index in [1.165, 1.54) is 5.69 Å². The Balaban J connectivity index is 1.73. The Labute approximate surface area is 119 Å². The van der Waals surface area contributed by atoms with Gasteiger partial charge in [0.15, 0.2) is 5.82 Å². The summed E-state index contributed by atoms with van der Waals surface area (Å²) in [5.41, 5.74) is 3.70. The van der Waals surface area contributed by atoms with E-state index in [2.05, 4.69) is 44.8 Å². The van der Waals surface area contributed by atoms with E-state index >= 15 is 0 Å². The van der Waals surface area contributed by atoms with E-state index in [-0.39, 0.29) is 0 Å². The molecule has 0 atom stereocenters. The lowest BCUT2D eigenvalue weighted by Crippen LogP contribution is -2.21. The highest BCUT2D eigenvalue weighted by molar-refractivity contribution is 5.45. The molecule has 0 aliphatic rings. The van der Waals surface area contributed by atoms with Gasteiger partial charge < -0.3 is 15.6 Å². The number of nitrogens with two attached hydrogens (primary N) is 1. The van der Waals surface area contributed by atoms with E-state index in [1.807, 2.05) is 18.2 Å². The maximum atomic E-state index is 5.29. The highest BCUT2D eigenvalue weighted by Crippen LogP contribution is 2.11. The number of para-hydroxylation sites is 1. The average Bonchev–Trinajstić information content (AvgIpc) is 2.52. The van der Waals surface area contributed by atoms with Gasteiger partial charge in [0.1, 0.15) is 5.82 Å². The molecule has 0 bridgehead atoms. The molecule has 2 rings (SSSR count). The summed E-state index contributed by atoms with van der Waals surface area (Å²) >= 11 is 0. The second-order valence-corrected chi connectivity index (χ2v) is 4.47. The molecule has 0 aliphatic heterocycles. The quantitative estimate of drug-likeness (QED) is 0.404. The average molecular weight is 272 g/mol. The molecule has 2 aromatic rings. The van der Waals surface area contributed by atoms with Crippen LogP contribution in [0.5, 0.6) is 0 Å². The molecule has 0 fully saturated rings. The van der Waals surface area contributed by atoms with Crippen molar-refractivity contribution in [1.29, 1.82) is 0 Å². The standard InChI is InChI=1S/C14H20N6/c1-20(12-6-3-2-4-7-12)9-5-8-17-13-10-16-11-14(18-13)19-15/h2-4,6-7,10-11H,5,8-9,15H2,1H3,(H2,17,18,19). The van der Waals surface area contributed by atoms with Gasteiger partial charge in [-0.1, -0.05) is 18.2 Å². The first-order valence-electron chi connectivity index (χ1n) is 6.58. The predicted molar refractivity (Wildman–Crippen MR) is 82.7 cm³/mol. The van der Waals surface area contributed by atoms with Crippen LogP contribution in [0.15, 0.2) is 42.7 Å². The number of hydrogen-bond donors (Lipinski definition) is 3. The Morgan fingerprint density at radius 3 is 2.65 bits per heavy atom. The Bertz CT molecular complexity index is 516. The predicted octanol–water partition coefficient (Wildman–Crippen LogP) is 1.70. The van der Waals surface area contributed by atoms with Crippen molar-refractivity contribution in [3.8, 4) is 0 Å². The molecular weight excluding hydrogens is 252 g/mol. The van der Waals surface area contributed by atoms with E-state index in [0.717, 1.165) is 25.3 Å². The molecule has 1 heterocycles. The fraction of sp³-hybridized carbons (Fsp3) is 0.286. The Morgan fingerprint density at radius 1 is 1.15 bits per heavy atom. The summed E-state index contributed by atoms with van der Waals surface area (Å²) in [6, 6.07) is 10.3. The number of aromatic nitrogens is 2. The summed E-state index contributed by atoms with van der Waals surface area (Å²) < 4.78 is 0. The topological polar surface area (TPSA) is 79.1 Å². The SMILES string of the molecule is CN(CCCNc1cncc(NN)n1)c1ccccc1. The number of anilines is 3. The fourth-order valence-corrected chi connectivity index (χ4v) is 1.86. The van der Waals surface area contributed by atoms with Crippen LogP contribution < -0.4 is 21.5 Å². The molecule has 106 valence electrons. The van der Waals surface area contributed by atoms with Crippen LogP contribution in [0.1, 0.15) is 6.42 Å². The number of nitrogen functional groups attached to an aromatic ring is 1. The number of benzene rings is 1. The minimum absolute atomic E-state index is 0.552. The number of nitrogens with one attached hydrogen (secondary N) is 2. The van der Waals surface area contributed by atoms with Crippen LogP contribution in [0, 0.1) is 0 Å². The van der Waals surface area contributed by atoms with Crippen LogP contribution in [0.25, 0.3) is 0 Å². The lowest BCUT2D eigenvalue weighted by molar-refractivity contribution is 0.813. The molecular formula is C14H20N6. The molecule has 6 heteroatoms. The second kappa shape index (κ2) is 7.30. The number of hydrogen-bond acceptors (Lipinski definition) is 6. The summed E-state index contributed by atoms with van der Waals surface area (Å²) in [4.78, 5) is 10.5. The van der Waals surface area contributed by atoms with Crippen molar-refractivity contribution >= 4 is 17.3 Å². The zero-order chi connectivity index (χ0) is 14.2. The summed E-state index contributed by atoms with van der Waals surface area (Å²) in [5.74, 6) is 6.57. The van der Waals surface area contributed by atoms with Gasteiger partial charge in [-0.05, 0) is 18.6 Å². The van der Waals surface area contributed by atoms with Gasteiger partial charge >= 0.3 is 0 Å². The van der Waals surface area contributed by atoms with Crippen molar-refractivity contribution < 1.29 is 0 Å². The molecule has 0 unspecified atom stereocenters. The van der Waals surface area contributed by atoms with Gasteiger partial charge in [0.25, 0.3) is 0 Å². The van der Waals surface area contributed by atoms with Crippen molar-refractivity contribution in [2.24, 2.45) is 5.84 Å². The zero-order valence-electron chi connectivity index (χ0n) is 11.6. The first-order valence-corrected chi connectivity index (χ1v) is 6.58. The highest BCUT2D eigenvalue weighted by atomic mass is 15.3. The van der Waals surface area contributed by atoms with Crippen LogP contribution in [-0.4, -0.2) is 30.1 Å². The molecule has 0 radical (unpaired) electrons. The van der Waals surface area contributed by atoms with Gasteiger partial charge in [-0.15, -0.1) is 0 Å². The summed E-state index contributed by atoms with van der Waals surface area (Å²) in [7, 11) is 2.09. The molecule has 0 saturated carbocycles. The van der Waals surface area contributed by atoms with E-state index < -0.39 is 0 Å². The van der Waals surface area contributed by atoms with Crippen molar-refractivity contribution in [3.63, 3.8) is 0 Å². The normalized spacial score (nSPS) is 10.1. The maximum Gasteiger partial charge on any atom is 0.160 e. The van der Waals surface area contributed by atoms with E-state index in [4.69, 9.17) is 5.84 Å². The molecule has 0 aliphatic carbocycles. The lowest BCUT2D eigenvalue weighted by Gasteiger charge is -2.19. The third-order valence-electron chi connectivity index (χ3n) is 2.96. The highest BCUT2D eigenvalue weighted by Gasteiger charge is 2.00. The third-order valence-corrected chi connectivity index (χ3v) is 2.96. The van der Waals surface area contributed by atoms with E-state index in [0.29, 0.717) is 5.82 Å². The number of rotatable bonds is 7. The smallest absolute Gasteiger partial charge is 0.160 e. The van der Waals surface area contributed by atoms with Crippen molar-refractivity contribution in [2.75, 3.05) is 35.8 Å². The van der Waals surface area contributed by atoms with Crippen molar-refractivity contribution in [3.05, 3.63) is 42.7 Å². The van der Waals surface area contributed by atoms with Crippen LogP contribution in [0.2, 0.25) is 0 Å². The Hall–Kier alpha value is -2.34. The second-order valence-electron chi connectivity index (χ2n) is 4.47. The first kappa shape index (κ1) is 14.1. The Kier molecular flexibility index (Phi) is 5.14. The molecule has 1 aromatic carbocycles. The van der Waals surface area contributed by atoms with Gasteiger partial charge in [-0.3, -0.25) is 4.98 Å². The molecule has 0 saturated heterocycles. The summed E-state index contributed by atoms with van der Waals surface area (Å²) in [5, 5.41) is 3.23. The maximum absolute atomic E-state index is 5.29. The van der Waals surface area contributed by atoms with Gasteiger partial charge in [0, 0.05) is 25.8 Å². The van der Waals surface area contributed by atoms with E-state index in [9.17, 15) is 0 Å². The van der Waals surface area contributed by atoms with Crippen LogP contribution in [0.3, 0.4) is 0 Å². The van der Waals surface area contributed by atoms with E-state index in [1.54, 1.807) is 12.4 Å². The van der Waals surface area contributed by atoms with Crippen molar-refractivity contribution in [1.82, 2.24) is 9.97 Å². The molecule has 1 aromatic heterocycles. The molecule has 6 nitrogen and oxygen atoms in total. The molecule has 0 spiro atoms. The number of nitrogens with zero attached hydrogens (tertiary/aromatic N) is 3. The first-order chi connectivity index (χ1) is 9.79. The zero-order valence-corrected chi connectivity index (χ0v) is 11.6. The summed E-state index contributed by atoms with van der Waals surface area (Å²) in [6.07, 6.45) is 4.27. The van der Waals surface area contributed by atoms with Crippen molar-refractivity contribution in [2.45, 2.75) is 6.42 Å².